The largest absolute Gasteiger partial charge is 0.466 e. The third-order valence-corrected chi connectivity index (χ3v) is 0.766. The molecule has 0 bridgehead atoms. The molecule has 0 aliphatic rings. The van der Waals surface area contributed by atoms with Crippen LogP contribution < -0.4 is 0 Å². The van der Waals surface area contributed by atoms with Crippen molar-refractivity contribution in [2.75, 3.05) is 5.88 Å². The van der Waals surface area contributed by atoms with E-state index in [0.29, 0.717) is 17.4 Å². The highest BCUT2D eigenvalue weighted by atomic mass is 35.5. The molecule has 1 nitrogen and oxygen atoms in total. The second kappa shape index (κ2) is 3.56. The second-order valence-electron chi connectivity index (χ2n) is 1.48. The van der Waals surface area contributed by atoms with Crippen LogP contribution in [0.1, 0.15) is 6.92 Å². The topological polar surface area (TPSA) is 9.23 Å². The standard InChI is InChI=1S/C6H9ClO/c1-5(2)8-6(3)4-7/h1,3-4H2,2H3. The van der Waals surface area contributed by atoms with Crippen molar-refractivity contribution in [1.82, 2.24) is 0 Å². The zero-order valence-electron chi connectivity index (χ0n) is 4.91. The molecule has 2 heteroatoms. The first-order valence-electron chi connectivity index (χ1n) is 2.24. The SMILES string of the molecule is C=C(C)OC(=C)CCl. The van der Waals surface area contributed by atoms with E-state index in [1.54, 1.807) is 6.92 Å². The molecule has 0 N–H and O–H groups in total. The van der Waals surface area contributed by atoms with Gasteiger partial charge in [-0.3, -0.25) is 0 Å². The van der Waals surface area contributed by atoms with Gasteiger partial charge in [0, 0.05) is 0 Å². The van der Waals surface area contributed by atoms with Crippen LogP contribution in [-0.4, -0.2) is 5.88 Å². The van der Waals surface area contributed by atoms with Crippen LogP contribution in [0.25, 0.3) is 0 Å². The lowest BCUT2D eigenvalue weighted by atomic mass is 10.6. The number of halogens is 1. The minimum Gasteiger partial charge on any atom is -0.466 e. The van der Waals surface area contributed by atoms with Gasteiger partial charge in [-0.1, -0.05) is 13.2 Å². The zero-order chi connectivity index (χ0) is 6.57. The molecule has 0 amide bonds. The molecule has 0 aromatic carbocycles. The maximum Gasteiger partial charge on any atom is 0.111 e. The number of rotatable bonds is 3. The van der Waals surface area contributed by atoms with Gasteiger partial charge in [-0.25, -0.2) is 0 Å². The molecule has 0 atom stereocenters. The van der Waals surface area contributed by atoms with Crippen LogP contribution in [0, 0.1) is 0 Å². The molecule has 0 aliphatic heterocycles. The highest BCUT2D eigenvalue weighted by Crippen LogP contribution is 2.01. The summed E-state index contributed by atoms with van der Waals surface area (Å²) in [5, 5.41) is 0. The van der Waals surface area contributed by atoms with Crippen LogP contribution in [0.2, 0.25) is 0 Å². The van der Waals surface area contributed by atoms with E-state index in [4.69, 9.17) is 16.3 Å². The monoisotopic (exact) mass is 132 g/mol. The van der Waals surface area contributed by atoms with E-state index in [2.05, 4.69) is 13.2 Å². The van der Waals surface area contributed by atoms with Crippen LogP contribution in [0.5, 0.6) is 0 Å². The van der Waals surface area contributed by atoms with Gasteiger partial charge in [-0.15, -0.1) is 11.6 Å². The van der Waals surface area contributed by atoms with Gasteiger partial charge >= 0.3 is 0 Å². The molecule has 0 fully saturated rings. The predicted octanol–water partition coefficient (Wildman–Crippen LogP) is 2.29. The molecule has 0 aromatic heterocycles. The third kappa shape index (κ3) is 3.75. The van der Waals surface area contributed by atoms with Crippen molar-refractivity contribution >= 4 is 11.6 Å². The van der Waals surface area contributed by atoms with Crippen molar-refractivity contribution < 1.29 is 4.74 Å². The van der Waals surface area contributed by atoms with Gasteiger partial charge in [0.25, 0.3) is 0 Å². The molecule has 0 spiro atoms. The van der Waals surface area contributed by atoms with Gasteiger partial charge in [0.1, 0.15) is 5.76 Å². The number of ether oxygens (including phenoxy) is 1. The van der Waals surface area contributed by atoms with E-state index in [0.717, 1.165) is 0 Å². The number of alkyl halides is 1. The van der Waals surface area contributed by atoms with E-state index in [1.807, 2.05) is 0 Å². The lowest BCUT2D eigenvalue weighted by Gasteiger charge is -2.01. The summed E-state index contributed by atoms with van der Waals surface area (Å²) < 4.78 is 4.88. The van der Waals surface area contributed by atoms with Gasteiger partial charge in [-0.2, -0.15) is 0 Å². The van der Waals surface area contributed by atoms with Crippen LogP contribution in [-0.2, 0) is 4.74 Å². The molecule has 0 aliphatic carbocycles. The van der Waals surface area contributed by atoms with E-state index < -0.39 is 0 Å². The lowest BCUT2D eigenvalue weighted by Crippen LogP contribution is -1.86. The Kier molecular flexibility index (Phi) is 3.37. The maximum atomic E-state index is 5.33. The van der Waals surface area contributed by atoms with E-state index in [9.17, 15) is 0 Å². The fourth-order valence-electron chi connectivity index (χ4n) is 0.274. The minimum absolute atomic E-state index is 0.326. The fraction of sp³-hybridized carbons (Fsp3) is 0.333. The second-order valence-corrected chi connectivity index (χ2v) is 1.74. The molecular formula is C6H9ClO. The smallest absolute Gasteiger partial charge is 0.111 e. The van der Waals surface area contributed by atoms with E-state index in [1.165, 1.54) is 0 Å². The highest BCUT2D eigenvalue weighted by Gasteiger charge is 1.88. The summed E-state index contributed by atoms with van der Waals surface area (Å²) in [5.74, 6) is 1.49. The summed E-state index contributed by atoms with van der Waals surface area (Å²) in [7, 11) is 0. The van der Waals surface area contributed by atoms with Crippen molar-refractivity contribution in [2.45, 2.75) is 6.92 Å². The Bertz CT molecular complexity index is 107. The van der Waals surface area contributed by atoms with Gasteiger partial charge in [0.15, 0.2) is 0 Å². The predicted molar refractivity (Wildman–Crippen MR) is 35.8 cm³/mol. The average molecular weight is 133 g/mol. The minimum atomic E-state index is 0.326. The molecule has 0 unspecified atom stereocenters. The Labute approximate surface area is 54.6 Å². The number of hydrogen-bond donors (Lipinski definition) is 0. The van der Waals surface area contributed by atoms with Crippen molar-refractivity contribution in [2.24, 2.45) is 0 Å². The molecule has 0 saturated heterocycles. The van der Waals surface area contributed by atoms with Gasteiger partial charge in [0.05, 0.1) is 11.6 Å². The first-order valence-corrected chi connectivity index (χ1v) is 2.77. The van der Waals surface area contributed by atoms with E-state index >= 15 is 0 Å². The summed E-state index contributed by atoms with van der Waals surface area (Å²) >= 11 is 5.33. The number of allylic oxidation sites excluding steroid dienone is 2. The Morgan fingerprint density at radius 3 is 2.25 bits per heavy atom. The first-order chi connectivity index (χ1) is 3.66. The summed E-state index contributed by atoms with van der Waals surface area (Å²) in [5.41, 5.74) is 0. The van der Waals surface area contributed by atoms with Crippen LogP contribution in [0.3, 0.4) is 0 Å². The Morgan fingerprint density at radius 1 is 1.62 bits per heavy atom. The summed E-state index contributed by atoms with van der Waals surface area (Å²) in [4.78, 5) is 0. The molecule has 46 valence electrons. The maximum absolute atomic E-state index is 5.33. The normalized spacial score (nSPS) is 8.25. The summed E-state index contributed by atoms with van der Waals surface area (Å²) in [6, 6.07) is 0. The molecule has 0 aromatic rings. The van der Waals surface area contributed by atoms with Crippen LogP contribution in [0.4, 0.5) is 0 Å². The van der Waals surface area contributed by atoms with Crippen molar-refractivity contribution in [3.8, 4) is 0 Å². The number of hydrogen-bond acceptors (Lipinski definition) is 1. The molecular weight excluding hydrogens is 124 g/mol. The molecule has 0 saturated carbocycles. The summed E-state index contributed by atoms with van der Waals surface area (Å²) in [6.07, 6.45) is 0. The quantitative estimate of drug-likeness (QED) is 0.423. The molecule has 0 radical (unpaired) electrons. The highest BCUT2D eigenvalue weighted by molar-refractivity contribution is 6.19. The fourth-order valence-corrected chi connectivity index (χ4v) is 0.328. The van der Waals surface area contributed by atoms with Gasteiger partial charge in [0.2, 0.25) is 0 Å². The van der Waals surface area contributed by atoms with Crippen molar-refractivity contribution in [1.29, 1.82) is 0 Å². The average Bonchev–Trinajstić information content (AvgIpc) is 1.65. The Hall–Kier alpha value is -0.430. The Balaban J connectivity index is 3.40. The zero-order valence-corrected chi connectivity index (χ0v) is 5.66. The third-order valence-electron chi connectivity index (χ3n) is 0.468. The molecule has 0 heterocycles. The van der Waals surface area contributed by atoms with Crippen molar-refractivity contribution in [3.05, 3.63) is 24.7 Å². The van der Waals surface area contributed by atoms with Crippen molar-refractivity contribution in [3.63, 3.8) is 0 Å². The lowest BCUT2D eigenvalue weighted by molar-refractivity contribution is 0.315. The van der Waals surface area contributed by atoms with Gasteiger partial charge in [-0.05, 0) is 6.92 Å². The molecule has 8 heavy (non-hydrogen) atoms. The summed E-state index contributed by atoms with van der Waals surface area (Å²) in [6.45, 7) is 8.75. The Morgan fingerprint density at radius 2 is 2.12 bits per heavy atom. The van der Waals surface area contributed by atoms with Crippen LogP contribution in [0.15, 0.2) is 24.7 Å². The first kappa shape index (κ1) is 7.57. The van der Waals surface area contributed by atoms with E-state index in [-0.39, 0.29) is 0 Å². The molecule has 0 rings (SSSR count). The van der Waals surface area contributed by atoms with Gasteiger partial charge < -0.3 is 4.74 Å². The van der Waals surface area contributed by atoms with Crippen LogP contribution >= 0.6 is 11.6 Å².